The van der Waals surface area contributed by atoms with Crippen molar-refractivity contribution in [3.8, 4) is 0 Å². The van der Waals surface area contributed by atoms with Crippen LogP contribution in [-0.2, 0) is 4.79 Å². The number of nitrogens with one attached hydrogen (secondary N) is 1. The Hall–Kier alpha value is -0.790. The molecular formula is C10H19NO. The Morgan fingerprint density at radius 1 is 1.42 bits per heavy atom. The second-order valence-electron chi connectivity index (χ2n) is 3.37. The molecule has 2 heteroatoms. The first-order valence-electron chi connectivity index (χ1n) is 4.49. The number of allylic oxidation sites excluding steroid dienone is 2. The topological polar surface area (TPSA) is 29.1 Å². The van der Waals surface area contributed by atoms with Crippen molar-refractivity contribution in [2.45, 2.75) is 40.2 Å². The van der Waals surface area contributed by atoms with Crippen molar-refractivity contribution in [1.82, 2.24) is 5.32 Å². The number of carbonyl (C=O) groups is 1. The van der Waals surface area contributed by atoms with E-state index in [0.29, 0.717) is 0 Å². The molecule has 0 spiro atoms. The molecule has 0 aromatic heterocycles. The van der Waals surface area contributed by atoms with E-state index in [0.717, 1.165) is 6.42 Å². The molecule has 2 nitrogen and oxygen atoms in total. The summed E-state index contributed by atoms with van der Waals surface area (Å²) >= 11 is 0. The van der Waals surface area contributed by atoms with E-state index in [9.17, 15) is 4.79 Å². The summed E-state index contributed by atoms with van der Waals surface area (Å²) in [6.45, 7) is 7.85. The highest BCUT2D eigenvalue weighted by atomic mass is 16.1. The number of rotatable bonds is 4. The van der Waals surface area contributed by atoms with Gasteiger partial charge < -0.3 is 5.32 Å². The van der Waals surface area contributed by atoms with Gasteiger partial charge in [-0.25, -0.2) is 0 Å². The van der Waals surface area contributed by atoms with Crippen LogP contribution in [0.5, 0.6) is 0 Å². The van der Waals surface area contributed by atoms with E-state index in [1.807, 2.05) is 39.8 Å². The minimum Gasteiger partial charge on any atom is -0.354 e. The smallest absolute Gasteiger partial charge is 0.223 e. The molecule has 70 valence electrons. The van der Waals surface area contributed by atoms with Crippen LogP contribution < -0.4 is 5.32 Å². The molecular weight excluding hydrogens is 150 g/mol. The van der Waals surface area contributed by atoms with Crippen LogP contribution in [0.4, 0.5) is 0 Å². The zero-order chi connectivity index (χ0) is 9.56. The lowest BCUT2D eigenvalue weighted by Crippen LogP contribution is -2.34. The Bertz CT molecular complexity index is 161. The third-order valence-electron chi connectivity index (χ3n) is 1.60. The normalized spacial score (nSPS) is 13.8. The van der Waals surface area contributed by atoms with Gasteiger partial charge in [0, 0.05) is 12.0 Å². The van der Waals surface area contributed by atoms with E-state index in [2.05, 4.69) is 5.32 Å². The Balaban J connectivity index is 3.76. The highest BCUT2D eigenvalue weighted by Gasteiger charge is 2.10. The van der Waals surface area contributed by atoms with Gasteiger partial charge in [0.05, 0.1) is 0 Å². The molecule has 0 heterocycles. The fourth-order valence-corrected chi connectivity index (χ4v) is 0.874. The van der Waals surface area contributed by atoms with E-state index < -0.39 is 0 Å². The van der Waals surface area contributed by atoms with E-state index in [1.54, 1.807) is 0 Å². The van der Waals surface area contributed by atoms with Gasteiger partial charge in [0.25, 0.3) is 0 Å². The summed E-state index contributed by atoms with van der Waals surface area (Å²) in [4.78, 5) is 11.3. The zero-order valence-corrected chi connectivity index (χ0v) is 8.42. The van der Waals surface area contributed by atoms with Gasteiger partial charge in [0.15, 0.2) is 0 Å². The van der Waals surface area contributed by atoms with Crippen LogP contribution in [0, 0.1) is 5.92 Å². The largest absolute Gasteiger partial charge is 0.354 e. The predicted octanol–water partition coefficient (Wildman–Crippen LogP) is 2.11. The van der Waals surface area contributed by atoms with Crippen molar-refractivity contribution in [3.05, 3.63) is 12.2 Å². The van der Waals surface area contributed by atoms with Crippen molar-refractivity contribution in [2.24, 2.45) is 5.92 Å². The summed E-state index contributed by atoms with van der Waals surface area (Å²) in [5.74, 6) is 0.228. The van der Waals surface area contributed by atoms with Crippen LogP contribution in [0.15, 0.2) is 12.2 Å². The second kappa shape index (κ2) is 5.81. The summed E-state index contributed by atoms with van der Waals surface area (Å²) in [7, 11) is 0. The molecule has 1 atom stereocenters. The van der Waals surface area contributed by atoms with Crippen molar-refractivity contribution in [1.29, 1.82) is 0 Å². The van der Waals surface area contributed by atoms with Crippen LogP contribution in [0.2, 0.25) is 0 Å². The van der Waals surface area contributed by atoms with Crippen LogP contribution in [0.25, 0.3) is 0 Å². The van der Waals surface area contributed by atoms with Gasteiger partial charge in [-0.3, -0.25) is 4.79 Å². The number of amides is 1. The average Bonchev–Trinajstić information content (AvgIpc) is 1.98. The molecule has 0 bridgehead atoms. The molecule has 1 amide bonds. The number of carbonyl (C=O) groups excluding carboxylic acids is 1. The molecule has 0 aromatic rings. The summed E-state index contributed by atoms with van der Waals surface area (Å²) in [5, 5.41) is 2.88. The van der Waals surface area contributed by atoms with E-state index >= 15 is 0 Å². The van der Waals surface area contributed by atoms with Gasteiger partial charge in [0.2, 0.25) is 5.91 Å². The lowest BCUT2D eigenvalue weighted by atomic mass is 10.1. The molecule has 0 aliphatic carbocycles. The Morgan fingerprint density at radius 2 is 2.00 bits per heavy atom. The quantitative estimate of drug-likeness (QED) is 0.642. The zero-order valence-electron chi connectivity index (χ0n) is 8.42. The summed E-state index contributed by atoms with van der Waals surface area (Å²) in [5.41, 5.74) is 0. The third-order valence-corrected chi connectivity index (χ3v) is 1.60. The first-order chi connectivity index (χ1) is 5.57. The summed E-state index contributed by atoms with van der Waals surface area (Å²) < 4.78 is 0. The lowest BCUT2D eigenvalue weighted by molar-refractivity contribution is -0.124. The highest BCUT2D eigenvalue weighted by molar-refractivity contribution is 5.78. The van der Waals surface area contributed by atoms with Crippen molar-refractivity contribution in [3.63, 3.8) is 0 Å². The second-order valence-corrected chi connectivity index (χ2v) is 3.37. The van der Waals surface area contributed by atoms with E-state index in [1.165, 1.54) is 0 Å². The van der Waals surface area contributed by atoms with Gasteiger partial charge in [0.1, 0.15) is 0 Å². The highest BCUT2D eigenvalue weighted by Crippen LogP contribution is 2.02. The van der Waals surface area contributed by atoms with Crippen molar-refractivity contribution < 1.29 is 4.79 Å². The first-order valence-corrected chi connectivity index (χ1v) is 4.49. The fourth-order valence-electron chi connectivity index (χ4n) is 0.874. The molecule has 0 aliphatic heterocycles. The molecule has 0 fully saturated rings. The van der Waals surface area contributed by atoms with Gasteiger partial charge in [-0.05, 0) is 27.2 Å². The molecule has 0 aromatic carbocycles. The van der Waals surface area contributed by atoms with Crippen molar-refractivity contribution in [2.75, 3.05) is 0 Å². The summed E-state index contributed by atoms with van der Waals surface area (Å²) in [6, 6.07) is 0.241. The van der Waals surface area contributed by atoms with Gasteiger partial charge in [-0.2, -0.15) is 0 Å². The van der Waals surface area contributed by atoms with E-state index in [-0.39, 0.29) is 17.9 Å². The molecule has 1 N–H and O–H groups in total. The Morgan fingerprint density at radius 3 is 2.42 bits per heavy atom. The minimum atomic E-state index is 0.0867. The van der Waals surface area contributed by atoms with Crippen LogP contribution in [0.1, 0.15) is 34.1 Å². The molecule has 0 saturated carbocycles. The SMILES string of the molecule is C/C=C/CC(C)C(=O)NC(C)C. The molecule has 12 heavy (non-hydrogen) atoms. The van der Waals surface area contributed by atoms with Gasteiger partial charge in [-0.15, -0.1) is 0 Å². The van der Waals surface area contributed by atoms with Crippen molar-refractivity contribution >= 4 is 5.91 Å². The molecule has 0 saturated heterocycles. The molecule has 0 rings (SSSR count). The lowest BCUT2D eigenvalue weighted by Gasteiger charge is -2.12. The van der Waals surface area contributed by atoms with Gasteiger partial charge >= 0.3 is 0 Å². The summed E-state index contributed by atoms with van der Waals surface area (Å²) in [6.07, 6.45) is 4.82. The predicted molar refractivity (Wildman–Crippen MR) is 51.9 cm³/mol. The Labute approximate surface area is 75.0 Å². The maximum Gasteiger partial charge on any atom is 0.223 e. The molecule has 0 aliphatic rings. The maximum atomic E-state index is 11.3. The molecule has 1 unspecified atom stereocenters. The third kappa shape index (κ3) is 4.94. The van der Waals surface area contributed by atoms with Gasteiger partial charge in [-0.1, -0.05) is 19.1 Å². The standard InChI is InChI=1S/C10H19NO/c1-5-6-7-9(4)10(12)11-8(2)3/h5-6,8-9H,7H2,1-4H3,(H,11,12)/b6-5+. The number of hydrogen-bond acceptors (Lipinski definition) is 1. The molecule has 0 radical (unpaired) electrons. The fraction of sp³-hybridized carbons (Fsp3) is 0.700. The van der Waals surface area contributed by atoms with Crippen LogP contribution in [-0.4, -0.2) is 11.9 Å². The monoisotopic (exact) mass is 169 g/mol. The van der Waals surface area contributed by atoms with Crippen LogP contribution >= 0.6 is 0 Å². The minimum absolute atomic E-state index is 0.0867. The number of hydrogen-bond donors (Lipinski definition) is 1. The maximum absolute atomic E-state index is 11.3. The van der Waals surface area contributed by atoms with E-state index in [4.69, 9.17) is 0 Å². The Kier molecular flexibility index (Phi) is 5.43. The van der Waals surface area contributed by atoms with Crippen LogP contribution in [0.3, 0.4) is 0 Å². The average molecular weight is 169 g/mol. The first kappa shape index (κ1) is 11.2.